The number of carbonyl (C=O) groups excluding carboxylic acids is 1. The molecule has 0 fully saturated rings. The fourth-order valence-electron chi connectivity index (χ4n) is 1.84. The lowest BCUT2D eigenvalue weighted by atomic mass is 9.94. The summed E-state index contributed by atoms with van der Waals surface area (Å²) in [5, 5.41) is 2.88. The van der Waals surface area contributed by atoms with Crippen molar-refractivity contribution in [3.8, 4) is 5.75 Å². The van der Waals surface area contributed by atoms with Crippen LogP contribution in [0.1, 0.15) is 38.7 Å². The number of rotatable bonds is 8. The fraction of sp³-hybridized carbons (Fsp3) is 0.562. The van der Waals surface area contributed by atoms with Gasteiger partial charge in [0.25, 0.3) is 0 Å². The molecule has 1 aromatic rings. The molecule has 1 amide bonds. The van der Waals surface area contributed by atoms with E-state index < -0.39 is 0 Å². The smallest absolute Gasteiger partial charge is 0.223 e. The van der Waals surface area contributed by atoms with Crippen molar-refractivity contribution in [3.05, 3.63) is 28.2 Å². The molecule has 5 heteroatoms. The maximum Gasteiger partial charge on any atom is 0.223 e. The summed E-state index contributed by atoms with van der Waals surface area (Å²) in [6.07, 6.45) is 2.01. The van der Waals surface area contributed by atoms with Crippen LogP contribution in [0, 0.1) is 6.92 Å². The lowest BCUT2D eigenvalue weighted by molar-refractivity contribution is -0.121. The molecule has 0 saturated carbocycles. The van der Waals surface area contributed by atoms with Crippen LogP contribution in [0.15, 0.2) is 22.7 Å². The summed E-state index contributed by atoms with van der Waals surface area (Å²) >= 11 is 3.45. The van der Waals surface area contributed by atoms with E-state index in [1.54, 1.807) is 0 Å². The minimum absolute atomic E-state index is 0.0324. The van der Waals surface area contributed by atoms with E-state index in [9.17, 15) is 4.79 Å². The summed E-state index contributed by atoms with van der Waals surface area (Å²) < 4.78 is 6.51. The topological polar surface area (TPSA) is 64.3 Å². The predicted octanol–water partition coefficient (Wildman–Crippen LogP) is 3.16. The van der Waals surface area contributed by atoms with Crippen molar-refractivity contribution in [2.24, 2.45) is 5.73 Å². The highest BCUT2D eigenvalue weighted by molar-refractivity contribution is 9.10. The van der Waals surface area contributed by atoms with E-state index in [2.05, 4.69) is 21.2 Å². The van der Waals surface area contributed by atoms with Crippen LogP contribution in [0.3, 0.4) is 0 Å². The molecule has 0 aromatic heterocycles. The Hall–Kier alpha value is -1.07. The SMILES string of the molecule is CCC(N)(CC)CNC(=O)CCOc1ccc(C)cc1Br. The van der Waals surface area contributed by atoms with Gasteiger partial charge in [-0.25, -0.2) is 0 Å². The highest BCUT2D eigenvalue weighted by Crippen LogP contribution is 2.25. The van der Waals surface area contributed by atoms with Crippen molar-refractivity contribution < 1.29 is 9.53 Å². The Bertz CT molecular complexity index is 473. The summed E-state index contributed by atoms with van der Waals surface area (Å²) in [5.41, 5.74) is 7.00. The molecule has 0 spiro atoms. The maximum absolute atomic E-state index is 11.8. The minimum atomic E-state index is -0.309. The number of ether oxygens (including phenoxy) is 1. The number of nitrogens with one attached hydrogen (secondary N) is 1. The van der Waals surface area contributed by atoms with Crippen LogP contribution in [0.5, 0.6) is 5.75 Å². The number of amides is 1. The van der Waals surface area contributed by atoms with Crippen molar-refractivity contribution in [2.75, 3.05) is 13.2 Å². The normalized spacial score (nSPS) is 11.3. The second kappa shape index (κ2) is 8.39. The standard InChI is InChI=1S/C16H25BrN2O2/c1-4-16(18,5-2)11-19-15(20)8-9-21-14-7-6-12(3)10-13(14)17/h6-7,10H,4-5,8-9,11,18H2,1-3H3,(H,19,20). The van der Waals surface area contributed by atoms with Gasteiger partial charge in [-0.1, -0.05) is 19.9 Å². The van der Waals surface area contributed by atoms with Crippen molar-refractivity contribution >= 4 is 21.8 Å². The first kappa shape index (κ1) is 18.0. The van der Waals surface area contributed by atoms with Gasteiger partial charge < -0.3 is 15.8 Å². The van der Waals surface area contributed by atoms with Crippen molar-refractivity contribution in [1.82, 2.24) is 5.32 Å². The average molecular weight is 357 g/mol. The second-order valence-corrected chi connectivity index (χ2v) is 6.23. The van der Waals surface area contributed by atoms with E-state index in [4.69, 9.17) is 10.5 Å². The van der Waals surface area contributed by atoms with Crippen LogP contribution in [0.4, 0.5) is 0 Å². The van der Waals surface area contributed by atoms with Crippen LogP contribution >= 0.6 is 15.9 Å². The molecule has 0 aliphatic carbocycles. The average Bonchev–Trinajstić information content (AvgIpc) is 2.47. The Morgan fingerprint density at radius 1 is 1.38 bits per heavy atom. The maximum atomic E-state index is 11.8. The minimum Gasteiger partial charge on any atom is -0.492 e. The van der Waals surface area contributed by atoms with Gasteiger partial charge >= 0.3 is 0 Å². The van der Waals surface area contributed by atoms with Crippen LogP contribution in [0.2, 0.25) is 0 Å². The molecular weight excluding hydrogens is 332 g/mol. The van der Waals surface area contributed by atoms with Crippen molar-refractivity contribution in [1.29, 1.82) is 0 Å². The molecule has 0 saturated heterocycles. The van der Waals surface area contributed by atoms with E-state index in [0.29, 0.717) is 19.6 Å². The van der Waals surface area contributed by atoms with Gasteiger partial charge in [-0.3, -0.25) is 4.79 Å². The molecule has 3 N–H and O–H groups in total. The monoisotopic (exact) mass is 356 g/mol. The van der Waals surface area contributed by atoms with Gasteiger partial charge in [-0.2, -0.15) is 0 Å². The van der Waals surface area contributed by atoms with Gasteiger partial charge in [0.05, 0.1) is 17.5 Å². The van der Waals surface area contributed by atoms with Crippen molar-refractivity contribution in [3.63, 3.8) is 0 Å². The molecule has 118 valence electrons. The zero-order valence-electron chi connectivity index (χ0n) is 13.0. The summed E-state index contributed by atoms with van der Waals surface area (Å²) in [6, 6.07) is 5.86. The Balaban J connectivity index is 2.34. The molecule has 21 heavy (non-hydrogen) atoms. The van der Waals surface area contributed by atoms with Gasteiger partial charge in [0.2, 0.25) is 5.91 Å². The summed E-state index contributed by atoms with van der Waals surface area (Å²) in [6.45, 7) is 6.94. The second-order valence-electron chi connectivity index (χ2n) is 5.38. The largest absolute Gasteiger partial charge is 0.492 e. The first-order chi connectivity index (χ1) is 9.90. The first-order valence-corrected chi connectivity index (χ1v) is 8.14. The molecule has 4 nitrogen and oxygen atoms in total. The first-order valence-electron chi connectivity index (χ1n) is 7.34. The fourth-order valence-corrected chi connectivity index (χ4v) is 2.45. The third-order valence-electron chi connectivity index (χ3n) is 3.72. The number of nitrogens with two attached hydrogens (primary N) is 1. The zero-order chi connectivity index (χ0) is 15.9. The van der Waals surface area contributed by atoms with Crippen LogP contribution in [-0.4, -0.2) is 24.6 Å². The third kappa shape index (κ3) is 6.06. The lowest BCUT2D eigenvalue weighted by Crippen LogP contribution is -2.49. The molecule has 0 aliphatic rings. The number of aryl methyl sites for hydroxylation is 1. The Kier molecular flexibility index (Phi) is 7.18. The predicted molar refractivity (Wildman–Crippen MR) is 89.5 cm³/mol. The molecule has 0 aliphatic heterocycles. The number of benzene rings is 1. The molecule has 1 aromatic carbocycles. The van der Waals surface area contributed by atoms with E-state index in [0.717, 1.165) is 28.6 Å². The number of hydrogen-bond acceptors (Lipinski definition) is 3. The van der Waals surface area contributed by atoms with Gasteiger partial charge in [-0.15, -0.1) is 0 Å². The zero-order valence-corrected chi connectivity index (χ0v) is 14.6. The summed E-state index contributed by atoms with van der Waals surface area (Å²) in [7, 11) is 0. The van der Waals surface area contributed by atoms with E-state index in [-0.39, 0.29) is 11.4 Å². The van der Waals surface area contributed by atoms with Gasteiger partial charge in [0, 0.05) is 12.1 Å². The Labute approximate surface area is 135 Å². The molecule has 0 unspecified atom stereocenters. The van der Waals surface area contributed by atoms with E-state index in [1.807, 2.05) is 39.0 Å². The van der Waals surface area contributed by atoms with Crippen LogP contribution < -0.4 is 15.8 Å². The number of halogens is 1. The molecule has 0 radical (unpaired) electrons. The summed E-state index contributed by atoms with van der Waals surface area (Å²) in [5.74, 6) is 0.721. The lowest BCUT2D eigenvalue weighted by Gasteiger charge is -2.26. The summed E-state index contributed by atoms with van der Waals surface area (Å²) in [4.78, 5) is 11.8. The van der Waals surface area contributed by atoms with Crippen molar-refractivity contribution in [2.45, 2.75) is 45.6 Å². The number of carbonyl (C=O) groups is 1. The number of hydrogen-bond donors (Lipinski definition) is 2. The Morgan fingerprint density at radius 2 is 2.05 bits per heavy atom. The molecule has 0 atom stereocenters. The highest BCUT2D eigenvalue weighted by atomic mass is 79.9. The van der Waals surface area contributed by atoms with E-state index in [1.165, 1.54) is 0 Å². The van der Waals surface area contributed by atoms with Gasteiger partial charge in [0.15, 0.2) is 0 Å². The third-order valence-corrected chi connectivity index (χ3v) is 4.34. The van der Waals surface area contributed by atoms with Gasteiger partial charge in [-0.05, 0) is 53.4 Å². The van der Waals surface area contributed by atoms with E-state index >= 15 is 0 Å². The molecule has 0 heterocycles. The van der Waals surface area contributed by atoms with Crippen LogP contribution in [-0.2, 0) is 4.79 Å². The molecule has 0 bridgehead atoms. The Morgan fingerprint density at radius 3 is 2.62 bits per heavy atom. The molecule has 1 rings (SSSR count). The van der Waals surface area contributed by atoms with Gasteiger partial charge in [0.1, 0.15) is 5.75 Å². The molecular formula is C16H25BrN2O2. The van der Waals surface area contributed by atoms with Crippen LogP contribution in [0.25, 0.3) is 0 Å². The quantitative estimate of drug-likeness (QED) is 0.751. The highest BCUT2D eigenvalue weighted by Gasteiger charge is 2.20.